The van der Waals surface area contributed by atoms with Gasteiger partial charge in [0.25, 0.3) is 0 Å². The summed E-state index contributed by atoms with van der Waals surface area (Å²) in [5, 5.41) is 8.52. The Kier molecular flexibility index (Phi) is 47.4. The van der Waals surface area contributed by atoms with Gasteiger partial charge in [0.05, 0.1) is 0 Å². The first-order chi connectivity index (χ1) is 9.77. The third-order valence-electron chi connectivity index (χ3n) is 3.99. The molecule has 0 rings (SSSR count). The van der Waals surface area contributed by atoms with E-state index in [2.05, 4.69) is 6.92 Å². The molecule has 4 nitrogen and oxygen atoms in total. The molecule has 0 saturated heterocycles. The summed E-state index contributed by atoms with van der Waals surface area (Å²) in [6.07, 6.45) is 20.2. The molecule has 1 N–H and O–H groups in total. The van der Waals surface area contributed by atoms with Crippen LogP contribution in [0.1, 0.15) is 110 Å². The molecule has 0 fully saturated rings. The van der Waals surface area contributed by atoms with E-state index >= 15 is 0 Å². The second-order valence-electron chi connectivity index (χ2n) is 6.09. The normalized spacial score (nSPS) is 9.04. The molecule has 136 valence electrons. The second kappa shape index (κ2) is 31.7. The molecule has 0 aromatic heterocycles. The Hall–Kier alpha value is 0.922. The summed E-state index contributed by atoms with van der Waals surface area (Å²) in [6.45, 7) is 2.27. The molecular formula is C18H36Mg2O4. The predicted octanol–water partition coefficient (Wildman–Crippen LogP) is 5.33. The number of carboxylic acid groups (broad SMARTS) is 1. The molecule has 0 spiro atoms. The first-order valence-corrected chi connectivity index (χ1v) is 8.99. The minimum absolute atomic E-state index is 0. The van der Waals surface area contributed by atoms with E-state index in [0.717, 1.165) is 12.8 Å². The Bertz CT molecular complexity index is 217. The Morgan fingerprint density at radius 1 is 0.583 bits per heavy atom. The van der Waals surface area contributed by atoms with Crippen molar-refractivity contribution in [3.63, 3.8) is 0 Å². The molecule has 0 aliphatic heterocycles. The SMILES string of the molecule is CCCCCCCCCCCCCCCCCC(=O)O.[Mg+2].[Mg+2].[O-2].[O-2]. The van der Waals surface area contributed by atoms with E-state index in [1.807, 2.05) is 0 Å². The fourth-order valence-corrected chi connectivity index (χ4v) is 2.65. The smallest absolute Gasteiger partial charge is 2.00 e. The van der Waals surface area contributed by atoms with Gasteiger partial charge >= 0.3 is 52.1 Å². The van der Waals surface area contributed by atoms with Crippen LogP contribution in [0.2, 0.25) is 0 Å². The molecule has 0 aliphatic rings. The van der Waals surface area contributed by atoms with E-state index in [-0.39, 0.29) is 57.1 Å². The van der Waals surface area contributed by atoms with Crippen LogP contribution in [-0.2, 0) is 15.7 Å². The average molecular weight is 365 g/mol. The van der Waals surface area contributed by atoms with E-state index in [1.54, 1.807) is 0 Å². The summed E-state index contributed by atoms with van der Waals surface area (Å²) in [4.78, 5) is 10.3. The van der Waals surface area contributed by atoms with Gasteiger partial charge in [-0.25, -0.2) is 0 Å². The molecule has 0 aliphatic carbocycles. The van der Waals surface area contributed by atoms with Gasteiger partial charge in [-0.3, -0.25) is 4.79 Å². The Morgan fingerprint density at radius 2 is 0.833 bits per heavy atom. The monoisotopic (exact) mass is 364 g/mol. The van der Waals surface area contributed by atoms with Gasteiger partial charge in [0, 0.05) is 6.42 Å². The Morgan fingerprint density at radius 3 is 1.08 bits per heavy atom. The third kappa shape index (κ3) is 34.3. The minimum Gasteiger partial charge on any atom is -2.00 e. The van der Waals surface area contributed by atoms with Crippen molar-refractivity contribution in [2.75, 3.05) is 0 Å². The number of unbranched alkanes of at least 4 members (excludes halogenated alkanes) is 14. The Balaban J connectivity index is -0.000000301. The molecule has 6 heteroatoms. The summed E-state index contributed by atoms with van der Waals surface area (Å²) in [5.41, 5.74) is 0. The van der Waals surface area contributed by atoms with E-state index in [0.29, 0.717) is 6.42 Å². The van der Waals surface area contributed by atoms with Gasteiger partial charge in [-0.1, -0.05) is 96.8 Å². The fraction of sp³-hybridized carbons (Fsp3) is 0.944. The molecule has 0 atom stereocenters. The molecule has 0 amide bonds. The van der Waals surface area contributed by atoms with Crippen LogP contribution in [0.5, 0.6) is 0 Å². The van der Waals surface area contributed by atoms with Crippen molar-refractivity contribution in [1.82, 2.24) is 0 Å². The number of rotatable bonds is 16. The molecule has 0 aromatic carbocycles. The predicted molar refractivity (Wildman–Crippen MR) is 100 cm³/mol. The summed E-state index contributed by atoms with van der Waals surface area (Å²) < 4.78 is 0. The second-order valence-corrected chi connectivity index (χ2v) is 6.09. The molecule has 0 unspecified atom stereocenters. The molecule has 0 aromatic rings. The molecule has 0 bridgehead atoms. The van der Waals surface area contributed by atoms with Crippen LogP contribution < -0.4 is 0 Å². The fourth-order valence-electron chi connectivity index (χ4n) is 2.65. The zero-order valence-corrected chi connectivity index (χ0v) is 18.7. The molecule has 0 saturated carbocycles. The van der Waals surface area contributed by atoms with Crippen molar-refractivity contribution >= 4 is 52.1 Å². The van der Waals surface area contributed by atoms with Crippen LogP contribution in [0.4, 0.5) is 0 Å². The Labute approximate surface area is 181 Å². The maximum absolute atomic E-state index is 10.3. The van der Waals surface area contributed by atoms with Gasteiger partial charge in [-0.05, 0) is 6.42 Å². The average Bonchev–Trinajstić information content (AvgIpc) is 2.43. The number of hydrogen-bond acceptors (Lipinski definition) is 1. The van der Waals surface area contributed by atoms with Crippen molar-refractivity contribution in [2.24, 2.45) is 0 Å². The van der Waals surface area contributed by atoms with Crippen molar-refractivity contribution in [3.05, 3.63) is 0 Å². The van der Waals surface area contributed by atoms with Crippen LogP contribution in [0.25, 0.3) is 0 Å². The van der Waals surface area contributed by atoms with Crippen LogP contribution >= 0.6 is 0 Å². The minimum atomic E-state index is -0.653. The number of aliphatic carboxylic acids is 1. The maximum atomic E-state index is 10.3. The maximum Gasteiger partial charge on any atom is 2.00 e. The first-order valence-electron chi connectivity index (χ1n) is 8.99. The van der Waals surface area contributed by atoms with Crippen LogP contribution in [0.3, 0.4) is 0 Å². The van der Waals surface area contributed by atoms with Gasteiger partial charge in [-0.2, -0.15) is 0 Å². The molecule has 0 radical (unpaired) electrons. The third-order valence-corrected chi connectivity index (χ3v) is 3.99. The van der Waals surface area contributed by atoms with Crippen molar-refractivity contribution < 1.29 is 20.9 Å². The molecule has 24 heavy (non-hydrogen) atoms. The summed E-state index contributed by atoms with van der Waals surface area (Å²) in [5.74, 6) is -0.653. The first kappa shape index (κ1) is 35.9. The van der Waals surface area contributed by atoms with Crippen LogP contribution in [0, 0.1) is 0 Å². The van der Waals surface area contributed by atoms with Crippen LogP contribution in [0.15, 0.2) is 0 Å². The molecular weight excluding hydrogens is 329 g/mol. The number of carbonyl (C=O) groups is 1. The molecule has 0 heterocycles. The van der Waals surface area contributed by atoms with E-state index in [4.69, 9.17) is 5.11 Å². The van der Waals surface area contributed by atoms with Crippen molar-refractivity contribution in [1.29, 1.82) is 0 Å². The number of hydrogen-bond donors (Lipinski definition) is 1. The van der Waals surface area contributed by atoms with Crippen LogP contribution in [-0.4, -0.2) is 57.2 Å². The zero-order valence-electron chi connectivity index (χ0n) is 15.9. The summed E-state index contributed by atoms with van der Waals surface area (Å²) >= 11 is 0. The topological polar surface area (TPSA) is 94.3 Å². The summed E-state index contributed by atoms with van der Waals surface area (Å²) in [7, 11) is 0. The largest absolute Gasteiger partial charge is 2.00 e. The standard InChI is InChI=1S/C18H36O2.2Mg.2O/c1-2-3-4-5-6-7-8-9-10-11-12-13-14-15-16-17-18(19)20;;;;/h2-17H2,1H3,(H,19,20);;;;/q;2*+2;2*-2. The van der Waals surface area contributed by atoms with E-state index < -0.39 is 5.97 Å². The van der Waals surface area contributed by atoms with Gasteiger partial charge in [0.1, 0.15) is 0 Å². The van der Waals surface area contributed by atoms with Crippen molar-refractivity contribution in [3.8, 4) is 0 Å². The van der Waals surface area contributed by atoms with Crippen molar-refractivity contribution in [2.45, 2.75) is 110 Å². The van der Waals surface area contributed by atoms with Gasteiger partial charge in [0.15, 0.2) is 0 Å². The van der Waals surface area contributed by atoms with Gasteiger partial charge < -0.3 is 16.1 Å². The van der Waals surface area contributed by atoms with Gasteiger partial charge in [0.2, 0.25) is 0 Å². The quantitative estimate of drug-likeness (QED) is 0.295. The summed E-state index contributed by atoms with van der Waals surface area (Å²) in [6, 6.07) is 0. The number of carboxylic acids is 1. The van der Waals surface area contributed by atoms with Gasteiger partial charge in [-0.15, -0.1) is 0 Å². The van der Waals surface area contributed by atoms with E-state index in [1.165, 1.54) is 83.5 Å². The zero-order chi connectivity index (χ0) is 14.9. The van der Waals surface area contributed by atoms with E-state index in [9.17, 15) is 4.79 Å².